The van der Waals surface area contributed by atoms with Crippen LogP contribution in [0.1, 0.15) is 20.3 Å². The number of nitriles is 1. The van der Waals surface area contributed by atoms with Crippen LogP contribution < -0.4 is 0 Å². The van der Waals surface area contributed by atoms with Crippen LogP contribution in [0.4, 0.5) is 0 Å². The van der Waals surface area contributed by atoms with Crippen molar-refractivity contribution in [2.24, 2.45) is 0 Å². The van der Waals surface area contributed by atoms with Crippen molar-refractivity contribution >= 4 is 16.1 Å². The molecule has 0 saturated carbocycles. The van der Waals surface area contributed by atoms with Gasteiger partial charge in [-0.2, -0.15) is 13.7 Å². The molecule has 0 aromatic carbocycles. The van der Waals surface area contributed by atoms with Crippen molar-refractivity contribution in [3.63, 3.8) is 0 Å². The molecule has 3 saturated heterocycles. The molecular weight excluding hydrogens is 286 g/mol. The summed E-state index contributed by atoms with van der Waals surface area (Å²) in [6, 6.07) is 1.77. The molecule has 3 rings (SSSR count). The normalized spacial score (nSPS) is 47.0. The number of rotatable bonds is 2. The Bertz CT molecular complexity index is 664. The van der Waals surface area contributed by atoms with Crippen LogP contribution in [-0.4, -0.2) is 43.0 Å². The van der Waals surface area contributed by atoms with Crippen molar-refractivity contribution in [2.75, 3.05) is 0 Å². The highest BCUT2D eigenvalue weighted by Gasteiger charge is 2.82. The first-order valence-corrected chi connectivity index (χ1v) is 7.47. The van der Waals surface area contributed by atoms with E-state index in [2.05, 4.69) is 6.58 Å². The molecule has 0 amide bonds. The zero-order valence-corrected chi connectivity index (χ0v) is 11.8. The monoisotopic (exact) mass is 299 g/mol. The van der Waals surface area contributed by atoms with Gasteiger partial charge in [0.05, 0.1) is 6.07 Å². The van der Waals surface area contributed by atoms with Gasteiger partial charge < -0.3 is 9.47 Å². The first-order chi connectivity index (χ1) is 9.18. The Kier molecular flexibility index (Phi) is 2.44. The van der Waals surface area contributed by atoms with Crippen LogP contribution in [0.15, 0.2) is 12.2 Å². The summed E-state index contributed by atoms with van der Waals surface area (Å²) in [6.45, 7) is 6.47. The van der Waals surface area contributed by atoms with Gasteiger partial charge in [-0.15, -0.1) is 0 Å². The fourth-order valence-electron chi connectivity index (χ4n) is 3.26. The molecule has 0 radical (unpaired) electrons. The molecule has 7 nitrogen and oxygen atoms in total. The molecule has 2 bridgehead atoms. The van der Waals surface area contributed by atoms with Gasteiger partial charge >= 0.3 is 5.97 Å². The van der Waals surface area contributed by atoms with Crippen LogP contribution in [0.25, 0.3) is 0 Å². The molecule has 3 heterocycles. The lowest BCUT2D eigenvalue weighted by Gasteiger charge is -2.30. The molecule has 5 atom stereocenters. The number of carbonyl (C=O) groups is 1. The number of hydrogen-bond donors (Lipinski definition) is 0. The van der Waals surface area contributed by atoms with Crippen LogP contribution in [0.5, 0.6) is 0 Å². The summed E-state index contributed by atoms with van der Waals surface area (Å²) in [5.41, 5.74) is -0.939. The lowest BCUT2D eigenvalue weighted by Crippen LogP contribution is -2.56. The molecule has 8 heteroatoms. The van der Waals surface area contributed by atoms with Gasteiger partial charge in [-0.05, 0) is 13.8 Å². The Morgan fingerprint density at radius 2 is 2.20 bits per heavy atom. The summed E-state index contributed by atoms with van der Waals surface area (Å²) < 4.78 is 38.3. The highest BCUT2D eigenvalue weighted by atomic mass is 32.2. The van der Waals surface area contributed by atoms with E-state index in [4.69, 9.17) is 13.7 Å². The fraction of sp³-hybridized carbons (Fsp3) is 0.667. The van der Waals surface area contributed by atoms with Gasteiger partial charge in [0, 0.05) is 12.0 Å². The van der Waals surface area contributed by atoms with Crippen molar-refractivity contribution in [1.82, 2.24) is 0 Å². The minimum absolute atomic E-state index is 0.125. The second-order valence-corrected chi connectivity index (χ2v) is 7.37. The fourth-order valence-corrected chi connectivity index (χ4v) is 5.22. The van der Waals surface area contributed by atoms with E-state index in [9.17, 15) is 18.5 Å². The summed E-state index contributed by atoms with van der Waals surface area (Å²) in [5.74, 6) is -0.746. The number of fused-ring (bicyclic) bond motifs is 1. The summed E-state index contributed by atoms with van der Waals surface area (Å²) in [5, 5.41) is 9.43. The van der Waals surface area contributed by atoms with E-state index in [1.165, 1.54) is 6.92 Å². The van der Waals surface area contributed by atoms with E-state index in [0.717, 1.165) is 0 Å². The molecule has 0 spiro atoms. The van der Waals surface area contributed by atoms with Crippen LogP contribution in [-0.2, 0) is 28.6 Å². The molecule has 108 valence electrons. The summed E-state index contributed by atoms with van der Waals surface area (Å²) in [6.07, 6.45) is -2.54. The highest BCUT2D eigenvalue weighted by molar-refractivity contribution is 7.89. The molecule has 0 N–H and O–H groups in total. The number of esters is 1. The molecule has 3 aliphatic rings. The van der Waals surface area contributed by atoms with Crippen LogP contribution in [0, 0.1) is 11.3 Å². The number of hydrogen-bond acceptors (Lipinski definition) is 7. The Balaban J connectivity index is 2.09. The first kappa shape index (κ1) is 13.5. The maximum atomic E-state index is 12.3. The van der Waals surface area contributed by atoms with Crippen LogP contribution in [0.3, 0.4) is 0 Å². The summed E-state index contributed by atoms with van der Waals surface area (Å²) in [4.78, 5) is 11.7. The van der Waals surface area contributed by atoms with Gasteiger partial charge in [-0.3, -0.25) is 4.18 Å². The minimum atomic E-state index is -4.21. The Hall–Kier alpha value is -1.43. The third-order valence-corrected chi connectivity index (χ3v) is 6.06. The van der Waals surface area contributed by atoms with Gasteiger partial charge in [0.2, 0.25) is 0 Å². The lowest BCUT2D eigenvalue weighted by molar-refractivity contribution is -0.147. The molecule has 3 fully saturated rings. The van der Waals surface area contributed by atoms with Crippen molar-refractivity contribution < 1.29 is 26.9 Å². The third-order valence-electron chi connectivity index (χ3n) is 4.09. The van der Waals surface area contributed by atoms with E-state index in [1.54, 1.807) is 13.0 Å². The number of ether oxygens (including phenoxy) is 2. The molecule has 3 aliphatic heterocycles. The van der Waals surface area contributed by atoms with Crippen molar-refractivity contribution in [1.29, 1.82) is 5.26 Å². The van der Waals surface area contributed by atoms with E-state index in [-0.39, 0.29) is 12.0 Å². The quantitative estimate of drug-likeness (QED) is 0.402. The van der Waals surface area contributed by atoms with E-state index in [1.807, 2.05) is 0 Å². The molecular formula is C12H13NO6S. The summed E-state index contributed by atoms with van der Waals surface area (Å²) in [7, 11) is -4.21. The molecule has 5 unspecified atom stereocenters. The van der Waals surface area contributed by atoms with Gasteiger partial charge in [0.15, 0.2) is 6.10 Å². The standard InChI is InChI=1S/C12H13NO6S/c1-6(2)9(14)18-8-7-4-11(3)10(17-7)12(8,5-13)20(15,16)19-11/h7-8,10H,1,4H2,2-3H3. The van der Waals surface area contributed by atoms with Gasteiger partial charge in [0.25, 0.3) is 14.9 Å². The number of carbonyl (C=O) groups excluding carboxylic acids is 1. The maximum Gasteiger partial charge on any atom is 0.333 e. The minimum Gasteiger partial charge on any atom is -0.453 e. The largest absolute Gasteiger partial charge is 0.453 e. The molecule has 20 heavy (non-hydrogen) atoms. The molecule has 0 aromatic rings. The molecule has 0 aliphatic carbocycles. The van der Waals surface area contributed by atoms with Crippen LogP contribution >= 0.6 is 0 Å². The Morgan fingerprint density at radius 1 is 1.55 bits per heavy atom. The van der Waals surface area contributed by atoms with Gasteiger partial charge in [-0.1, -0.05) is 6.58 Å². The maximum absolute atomic E-state index is 12.3. The first-order valence-electron chi connectivity index (χ1n) is 6.06. The average molecular weight is 299 g/mol. The highest BCUT2D eigenvalue weighted by Crippen LogP contribution is 2.59. The predicted octanol–water partition coefficient (Wildman–Crippen LogP) is 0.0265. The topological polar surface area (TPSA) is 103 Å². The average Bonchev–Trinajstić information content (AvgIpc) is 2.83. The van der Waals surface area contributed by atoms with E-state index in [0.29, 0.717) is 0 Å². The number of nitrogens with zero attached hydrogens (tertiary/aromatic N) is 1. The second kappa shape index (κ2) is 3.61. The molecule has 0 aromatic heterocycles. The van der Waals surface area contributed by atoms with Gasteiger partial charge in [-0.25, -0.2) is 4.79 Å². The second-order valence-electron chi connectivity index (χ2n) is 5.62. The Labute approximate surface area is 116 Å². The van der Waals surface area contributed by atoms with E-state index < -0.39 is 44.7 Å². The third kappa shape index (κ3) is 1.30. The van der Waals surface area contributed by atoms with E-state index >= 15 is 0 Å². The zero-order valence-electron chi connectivity index (χ0n) is 11.0. The SMILES string of the molecule is C=C(C)C(=O)OC1C2CC3(C)OS(=O)(=O)C1(C#N)C3O2. The van der Waals surface area contributed by atoms with Crippen LogP contribution in [0.2, 0.25) is 0 Å². The Morgan fingerprint density at radius 3 is 2.75 bits per heavy atom. The van der Waals surface area contributed by atoms with Crippen molar-refractivity contribution in [2.45, 2.75) is 48.9 Å². The van der Waals surface area contributed by atoms with Crippen molar-refractivity contribution in [3.05, 3.63) is 12.2 Å². The summed E-state index contributed by atoms with van der Waals surface area (Å²) >= 11 is 0. The zero-order chi connectivity index (χ0) is 14.9. The van der Waals surface area contributed by atoms with Gasteiger partial charge in [0.1, 0.15) is 17.8 Å². The smallest absolute Gasteiger partial charge is 0.333 e. The predicted molar refractivity (Wildman–Crippen MR) is 64.7 cm³/mol. The lowest BCUT2D eigenvalue weighted by atomic mass is 9.77. The van der Waals surface area contributed by atoms with Crippen molar-refractivity contribution in [3.8, 4) is 6.07 Å².